The molecule has 1 heterocycles. The zero-order valence-electron chi connectivity index (χ0n) is 12.7. The van der Waals surface area contributed by atoms with Crippen LogP contribution in [0.1, 0.15) is 49.8 Å². The zero-order valence-corrected chi connectivity index (χ0v) is 12.7. The van der Waals surface area contributed by atoms with E-state index in [1.54, 1.807) is 7.05 Å². The third kappa shape index (κ3) is 3.72. The minimum Gasteiger partial charge on any atom is -0.395 e. The Labute approximate surface area is 118 Å². The van der Waals surface area contributed by atoms with Gasteiger partial charge in [-0.25, -0.2) is 0 Å². The maximum atomic E-state index is 12.2. The lowest BCUT2D eigenvalue weighted by Crippen LogP contribution is -2.41. The van der Waals surface area contributed by atoms with Crippen LogP contribution in [-0.2, 0) is 4.79 Å². The van der Waals surface area contributed by atoms with E-state index in [2.05, 4.69) is 15.5 Å². The van der Waals surface area contributed by atoms with Crippen molar-refractivity contribution in [3.63, 3.8) is 0 Å². The van der Waals surface area contributed by atoms with Crippen LogP contribution in [0.4, 0.5) is 5.69 Å². The number of carbonyl (C=O) groups excluding carboxylic acids is 2. The van der Waals surface area contributed by atoms with Gasteiger partial charge < -0.3 is 16.0 Å². The first-order valence-electron chi connectivity index (χ1n) is 6.62. The quantitative estimate of drug-likeness (QED) is 0.739. The van der Waals surface area contributed by atoms with Gasteiger partial charge in [-0.1, -0.05) is 13.8 Å². The third-order valence-electron chi connectivity index (χ3n) is 2.79. The summed E-state index contributed by atoms with van der Waals surface area (Å²) in [5, 5.41) is 9.45. The highest BCUT2D eigenvalue weighted by Gasteiger charge is 2.23. The van der Waals surface area contributed by atoms with Crippen molar-refractivity contribution in [1.29, 1.82) is 0 Å². The minimum atomic E-state index is -0.371. The molecule has 7 heteroatoms. The first kappa shape index (κ1) is 16.0. The molecule has 7 nitrogen and oxygen atoms in total. The molecular formula is C13H23N5O2. The van der Waals surface area contributed by atoms with Gasteiger partial charge >= 0.3 is 0 Å². The Morgan fingerprint density at radius 2 is 1.95 bits per heavy atom. The third-order valence-corrected chi connectivity index (χ3v) is 2.79. The molecule has 2 amide bonds. The summed E-state index contributed by atoms with van der Waals surface area (Å²) in [6.45, 7) is 7.61. The molecule has 0 aliphatic heterocycles. The lowest BCUT2D eigenvalue weighted by atomic mass is 10.1. The molecule has 0 aromatic carbocycles. The number of likely N-dealkylation sites (N-methyl/N-ethyl adjacent to an activating group) is 1. The highest BCUT2D eigenvalue weighted by molar-refractivity contribution is 5.99. The monoisotopic (exact) mass is 281 g/mol. The van der Waals surface area contributed by atoms with Crippen LogP contribution in [-0.4, -0.2) is 46.5 Å². The first-order valence-corrected chi connectivity index (χ1v) is 6.62. The molecule has 4 N–H and O–H groups in total. The van der Waals surface area contributed by atoms with Crippen LogP contribution in [0.25, 0.3) is 0 Å². The predicted octanol–water partition coefficient (Wildman–Crippen LogP) is 0.712. The fraction of sp³-hybridized carbons (Fsp3) is 0.615. The number of nitrogen functional groups attached to an aromatic ring is 1. The zero-order chi connectivity index (χ0) is 15.4. The molecule has 0 fully saturated rings. The Hall–Kier alpha value is -2.05. The van der Waals surface area contributed by atoms with E-state index < -0.39 is 0 Å². The van der Waals surface area contributed by atoms with Crippen LogP contribution in [0.2, 0.25) is 0 Å². The van der Waals surface area contributed by atoms with Crippen molar-refractivity contribution in [2.24, 2.45) is 0 Å². The van der Waals surface area contributed by atoms with Crippen LogP contribution in [0.5, 0.6) is 0 Å². The standard InChI is InChI=1S/C13H23N5O2/c1-7(2)11-10(14)12(17-16-11)13(20)18(5)6-9(19)15-8(3)4/h7-8H,6,14H2,1-5H3,(H,15,19)(H,16,17). The fourth-order valence-electron chi connectivity index (χ4n) is 1.80. The molecule has 0 saturated heterocycles. The van der Waals surface area contributed by atoms with Gasteiger partial charge in [-0.2, -0.15) is 5.10 Å². The second-order valence-corrected chi connectivity index (χ2v) is 5.44. The van der Waals surface area contributed by atoms with Gasteiger partial charge in [0.25, 0.3) is 5.91 Å². The summed E-state index contributed by atoms with van der Waals surface area (Å²) in [6.07, 6.45) is 0. The molecule has 112 valence electrons. The number of hydrogen-bond donors (Lipinski definition) is 3. The Morgan fingerprint density at radius 3 is 2.40 bits per heavy atom. The van der Waals surface area contributed by atoms with Crippen molar-refractivity contribution in [2.75, 3.05) is 19.3 Å². The summed E-state index contributed by atoms with van der Waals surface area (Å²) in [5.74, 6) is -0.433. The van der Waals surface area contributed by atoms with Gasteiger partial charge in [0.2, 0.25) is 5.91 Å². The first-order chi connectivity index (χ1) is 9.23. The number of anilines is 1. The van der Waals surface area contributed by atoms with Crippen molar-refractivity contribution in [1.82, 2.24) is 20.4 Å². The lowest BCUT2D eigenvalue weighted by Gasteiger charge is -2.17. The maximum Gasteiger partial charge on any atom is 0.276 e. The van der Waals surface area contributed by atoms with Gasteiger partial charge in [0.1, 0.15) is 0 Å². The predicted molar refractivity (Wildman–Crippen MR) is 77.3 cm³/mol. The van der Waals surface area contributed by atoms with E-state index >= 15 is 0 Å². The van der Waals surface area contributed by atoms with Crippen molar-refractivity contribution in [3.05, 3.63) is 11.4 Å². The second-order valence-electron chi connectivity index (χ2n) is 5.44. The molecule has 0 spiro atoms. The van der Waals surface area contributed by atoms with E-state index in [-0.39, 0.29) is 36.0 Å². The summed E-state index contributed by atoms with van der Waals surface area (Å²) < 4.78 is 0. The second kappa shape index (κ2) is 6.40. The molecule has 20 heavy (non-hydrogen) atoms. The molecule has 0 bridgehead atoms. The summed E-state index contributed by atoms with van der Waals surface area (Å²) in [4.78, 5) is 25.1. The molecule has 0 atom stereocenters. The van der Waals surface area contributed by atoms with Crippen LogP contribution in [0.15, 0.2) is 0 Å². The van der Waals surface area contributed by atoms with Gasteiger partial charge in [0.05, 0.1) is 17.9 Å². The fourth-order valence-corrected chi connectivity index (χ4v) is 1.80. The summed E-state index contributed by atoms with van der Waals surface area (Å²) >= 11 is 0. The van der Waals surface area contributed by atoms with Gasteiger partial charge in [-0.3, -0.25) is 14.7 Å². The highest BCUT2D eigenvalue weighted by atomic mass is 16.2. The van der Waals surface area contributed by atoms with Crippen LogP contribution < -0.4 is 11.1 Å². The largest absolute Gasteiger partial charge is 0.395 e. The minimum absolute atomic E-state index is 0.0275. The Kier molecular flexibility index (Phi) is 5.12. The summed E-state index contributed by atoms with van der Waals surface area (Å²) in [5.41, 5.74) is 7.15. The summed E-state index contributed by atoms with van der Waals surface area (Å²) in [7, 11) is 1.55. The molecule has 0 unspecified atom stereocenters. The van der Waals surface area contributed by atoms with Gasteiger partial charge in [0.15, 0.2) is 5.69 Å². The number of aromatic amines is 1. The van der Waals surface area contributed by atoms with Crippen LogP contribution >= 0.6 is 0 Å². The average molecular weight is 281 g/mol. The van der Waals surface area contributed by atoms with E-state index in [9.17, 15) is 9.59 Å². The normalized spacial score (nSPS) is 10.9. The smallest absolute Gasteiger partial charge is 0.276 e. The number of nitrogens with one attached hydrogen (secondary N) is 2. The molecule has 1 aromatic rings. The Bertz CT molecular complexity index is 493. The molecule has 0 saturated carbocycles. The van der Waals surface area contributed by atoms with Crippen molar-refractivity contribution in [3.8, 4) is 0 Å². The Balaban J connectivity index is 2.77. The van der Waals surface area contributed by atoms with Crippen molar-refractivity contribution < 1.29 is 9.59 Å². The molecule has 1 aromatic heterocycles. The van der Waals surface area contributed by atoms with E-state index in [0.29, 0.717) is 5.69 Å². The highest BCUT2D eigenvalue weighted by Crippen LogP contribution is 2.22. The number of nitrogens with zero attached hydrogens (tertiary/aromatic N) is 2. The Morgan fingerprint density at radius 1 is 1.35 bits per heavy atom. The van der Waals surface area contributed by atoms with Crippen molar-refractivity contribution >= 4 is 17.5 Å². The SMILES string of the molecule is CC(C)NC(=O)CN(C)C(=O)c1n[nH]c(C(C)C)c1N. The maximum absolute atomic E-state index is 12.2. The lowest BCUT2D eigenvalue weighted by molar-refractivity contribution is -0.122. The average Bonchev–Trinajstić information content (AvgIpc) is 2.68. The number of amides is 2. The van der Waals surface area contributed by atoms with Gasteiger partial charge in [0, 0.05) is 13.1 Å². The van der Waals surface area contributed by atoms with E-state index in [0.717, 1.165) is 5.69 Å². The number of hydrogen-bond acceptors (Lipinski definition) is 4. The van der Waals surface area contributed by atoms with Crippen LogP contribution in [0.3, 0.4) is 0 Å². The van der Waals surface area contributed by atoms with E-state index in [4.69, 9.17) is 5.73 Å². The molecule has 1 rings (SSSR count). The number of aromatic nitrogens is 2. The number of nitrogens with two attached hydrogens (primary N) is 1. The van der Waals surface area contributed by atoms with Crippen LogP contribution in [0, 0.1) is 0 Å². The molecular weight excluding hydrogens is 258 g/mol. The number of carbonyl (C=O) groups is 2. The summed E-state index contributed by atoms with van der Waals surface area (Å²) in [6, 6.07) is 0.0361. The van der Waals surface area contributed by atoms with Crippen molar-refractivity contribution in [2.45, 2.75) is 39.7 Å². The van der Waals surface area contributed by atoms with E-state index in [1.807, 2.05) is 27.7 Å². The molecule has 0 aliphatic carbocycles. The molecule has 0 aliphatic rings. The van der Waals surface area contributed by atoms with Gasteiger partial charge in [-0.15, -0.1) is 0 Å². The number of H-pyrrole nitrogens is 1. The molecule has 0 radical (unpaired) electrons. The van der Waals surface area contributed by atoms with Gasteiger partial charge in [-0.05, 0) is 19.8 Å². The topological polar surface area (TPSA) is 104 Å². The van der Waals surface area contributed by atoms with E-state index in [1.165, 1.54) is 4.90 Å². The number of rotatable bonds is 5.